The molecule has 0 amide bonds. The van der Waals surface area contributed by atoms with Crippen LogP contribution in [0.15, 0.2) is 12.1 Å². The fraction of sp³-hybridized carbons (Fsp3) is 0.571. The van der Waals surface area contributed by atoms with Gasteiger partial charge in [-0.25, -0.2) is 0 Å². The predicted molar refractivity (Wildman–Crippen MR) is 70.9 cm³/mol. The summed E-state index contributed by atoms with van der Waals surface area (Å²) < 4.78 is 0. The fourth-order valence-electron chi connectivity index (χ4n) is 2.45. The summed E-state index contributed by atoms with van der Waals surface area (Å²) in [5.41, 5.74) is 10.8. The van der Waals surface area contributed by atoms with Gasteiger partial charge >= 0.3 is 0 Å². The molecule has 0 spiro atoms. The molecular formula is C14H22N2. The van der Waals surface area contributed by atoms with Crippen LogP contribution in [-0.4, -0.2) is 13.1 Å². The van der Waals surface area contributed by atoms with Crippen LogP contribution < -0.4 is 10.6 Å². The van der Waals surface area contributed by atoms with E-state index in [0.29, 0.717) is 0 Å². The van der Waals surface area contributed by atoms with E-state index in [-0.39, 0.29) is 0 Å². The van der Waals surface area contributed by atoms with Crippen molar-refractivity contribution >= 4 is 11.4 Å². The minimum absolute atomic E-state index is 0.874. The molecule has 0 saturated carbocycles. The highest BCUT2D eigenvalue weighted by molar-refractivity contribution is 5.64. The molecule has 1 aromatic carbocycles. The number of anilines is 2. The maximum Gasteiger partial charge on any atom is 0.0416 e. The van der Waals surface area contributed by atoms with Gasteiger partial charge in [-0.15, -0.1) is 0 Å². The van der Waals surface area contributed by atoms with Crippen molar-refractivity contribution < 1.29 is 0 Å². The van der Waals surface area contributed by atoms with Gasteiger partial charge in [0.1, 0.15) is 0 Å². The summed E-state index contributed by atoms with van der Waals surface area (Å²) in [5.74, 6) is 0.874. The zero-order valence-electron chi connectivity index (χ0n) is 10.6. The van der Waals surface area contributed by atoms with Crippen LogP contribution in [0.4, 0.5) is 11.4 Å². The maximum atomic E-state index is 6.00. The monoisotopic (exact) mass is 218 g/mol. The normalized spacial score (nSPS) is 17.8. The molecule has 0 aromatic heterocycles. The third-order valence-corrected chi connectivity index (χ3v) is 3.71. The number of piperidine rings is 1. The Morgan fingerprint density at radius 2 is 1.75 bits per heavy atom. The molecule has 88 valence electrons. The van der Waals surface area contributed by atoms with E-state index in [4.69, 9.17) is 5.73 Å². The molecule has 1 fully saturated rings. The lowest BCUT2D eigenvalue weighted by Gasteiger charge is -2.33. The predicted octanol–water partition coefficient (Wildman–Crippen LogP) is 3.12. The molecule has 2 rings (SSSR count). The van der Waals surface area contributed by atoms with Crippen molar-refractivity contribution in [3.63, 3.8) is 0 Å². The Hall–Kier alpha value is -1.18. The summed E-state index contributed by atoms with van der Waals surface area (Å²) in [6, 6.07) is 4.34. The van der Waals surface area contributed by atoms with Crippen LogP contribution in [0, 0.1) is 19.8 Å². The average molecular weight is 218 g/mol. The second-order valence-electron chi connectivity index (χ2n) is 5.16. The fourth-order valence-corrected chi connectivity index (χ4v) is 2.45. The molecule has 0 unspecified atom stereocenters. The summed E-state index contributed by atoms with van der Waals surface area (Å²) in [4.78, 5) is 2.48. The van der Waals surface area contributed by atoms with Gasteiger partial charge in [0.2, 0.25) is 0 Å². The number of nitrogens with two attached hydrogens (primary N) is 1. The maximum absolute atomic E-state index is 6.00. The topological polar surface area (TPSA) is 29.3 Å². The number of nitrogens with zero attached hydrogens (tertiary/aromatic N) is 1. The molecule has 1 aliphatic heterocycles. The molecule has 0 atom stereocenters. The Balaban J connectivity index is 2.23. The van der Waals surface area contributed by atoms with Gasteiger partial charge in [-0.2, -0.15) is 0 Å². The van der Waals surface area contributed by atoms with Gasteiger partial charge in [-0.1, -0.05) is 13.0 Å². The van der Waals surface area contributed by atoms with Crippen LogP contribution >= 0.6 is 0 Å². The standard InChI is InChI=1S/C14H22N2/c1-10-4-6-16(7-5-10)14-9-13(15)11(2)8-12(14)3/h8-10H,4-7,15H2,1-3H3. The highest BCUT2D eigenvalue weighted by Crippen LogP contribution is 2.29. The highest BCUT2D eigenvalue weighted by atomic mass is 15.1. The Morgan fingerprint density at radius 3 is 2.38 bits per heavy atom. The molecule has 1 saturated heterocycles. The molecule has 1 aromatic rings. The molecule has 0 radical (unpaired) electrons. The second kappa shape index (κ2) is 4.36. The van der Waals surface area contributed by atoms with Crippen molar-refractivity contribution in [2.75, 3.05) is 23.7 Å². The third kappa shape index (κ3) is 2.16. The van der Waals surface area contributed by atoms with Crippen LogP contribution in [0.1, 0.15) is 30.9 Å². The molecule has 2 nitrogen and oxygen atoms in total. The first-order valence-corrected chi connectivity index (χ1v) is 6.19. The Kier molecular flexibility index (Phi) is 3.08. The number of hydrogen-bond acceptors (Lipinski definition) is 2. The lowest BCUT2D eigenvalue weighted by atomic mass is 9.97. The van der Waals surface area contributed by atoms with Crippen LogP contribution in [-0.2, 0) is 0 Å². The highest BCUT2D eigenvalue weighted by Gasteiger charge is 2.17. The second-order valence-corrected chi connectivity index (χ2v) is 5.16. The largest absolute Gasteiger partial charge is 0.398 e. The van der Waals surface area contributed by atoms with Crippen LogP contribution in [0.2, 0.25) is 0 Å². The van der Waals surface area contributed by atoms with E-state index < -0.39 is 0 Å². The van der Waals surface area contributed by atoms with Crippen molar-refractivity contribution in [2.45, 2.75) is 33.6 Å². The lowest BCUT2D eigenvalue weighted by molar-refractivity contribution is 0.438. The van der Waals surface area contributed by atoms with E-state index in [9.17, 15) is 0 Å². The van der Waals surface area contributed by atoms with Crippen molar-refractivity contribution in [1.29, 1.82) is 0 Å². The van der Waals surface area contributed by atoms with E-state index in [1.54, 1.807) is 0 Å². The molecule has 1 aliphatic rings. The summed E-state index contributed by atoms with van der Waals surface area (Å²) in [6.07, 6.45) is 2.60. The smallest absolute Gasteiger partial charge is 0.0416 e. The SMILES string of the molecule is Cc1cc(C)c(N2CCC(C)CC2)cc1N. The Bertz CT molecular complexity index is 377. The van der Waals surface area contributed by atoms with Crippen molar-refractivity contribution in [2.24, 2.45) is 5.92 Å². The van der Waals surface area contributed by atoms with Gasteiger partial charge in [0.25, 0.3) is 0 Å². The van der Waals surface area contributed by atoms with E-state index in [0.717, 1.165) is 11.6 Å². The van der Waals surface area contributed by atoms with Crippen molar-refractivity contribution in [3.8, 4) is 0 Å². The number of aryl methyl sites for hydroxylation is 2. The zero-order valence-corrected chi connectivity index (χ0v) is 10.6. The van der Waals surface area contributed by atoms with Crippen molar-refractivity contribution in [3.05, 3.63) is 23.3 Å². The number of rotatable bonds is 1. The number of hydrogen-bond donors (Lipinski definition) is 1. The molecule has 2 N–H and O–H groups in total. The Morgan fingerprint density at radius 1 is 1.12 bits per heavy atom. The van der Waals surface area contributed by atoms with Gasteiger partial charge in [-0.3, -0.25) is 0 Å². The van der Waals surface area contributed by atoms with E-state index in [1.165, 1.54) is 42.7 Å². The third-order valence-electron chi connectivity index (χ3n) is 3.71. The number of nitrogen functional groups attached to an aromatic ring is 1. The quantitative estimate of drug-likeness (QED) is 0.734. The van der Waals surface area contributed by atoms with Crippen LogP contribution in [0.25, 0.3) is 0 Å². The van der Waals surface area contributed by atoms with Gasteiger partial charge in [-0.05, 0) is 49.8 Å². The van der Waals surface area contributed by atoms with Gasteiger partial charge in [0.05, 0.1) is 0 Å². The summed E-state index contributed by atoms with van der Waals surface area (Å²) in [5, 5.41) is 0. The molecule has 0 bridgehead atoms. The van der Waals surface area contributed by atoms with E-state index >= 15 is 0 Å². The first kappa shape index (κ1) is 11.3. The number of benzene rings is 1. The molecule has 1 heterocycles. The van der Waals surface area contributed by atoms with Gasteiger partial charge in [0, 0.05) is 24.5 Å². The van der Waals surface area contributed by atoms with E-state index in [2.05, 4.69) is 37.8 Å². The van der Waals surface area contributed by atoms with Gasteiger partial charge < -0.3 is 10.6 Å². The Labute approximate surface area is 98.4 Å². The minimum atomic E-state index is 0.874. The summed E-state index contributed by atoms with van der Waals surface area (Å²) >= 11 is 0. The molecule has 0 aliphatic carbocycles. The van der Waals surface area contributed by atoms with Crippen LogP contribution in [0.3, 0.4) is 0 Å². The molecule has 16 heavy (non-hydrogen) atoms. The first-order valence-electron chi connectivity index (χ1n) is 6.19. The summed E-state index contributed by atoms with van der Waals surface area (Å²) in [6.45, 7) is 8.94. The summed E-state index contributed by atoms with van der Waals surface area (Å²) in [7, 11) is 0. The van der Waals surface area contributed by atoms with E-state index in [1.807, 2.05) is 0 Å². The van der Waals surface area contributed by atoms with Crippen molar-refractivity contribution in [1.82, 2.24) is 0 Å². The van der Waals surface area contributed by atoms with Gasteiger partial charge in [0.15, 0.2) is 0 Å². The lowest BCUT2D eigenvalue weighted by Crippen LogP contribution is -2.33. The average Bonchev–Trinajstić information content (AvgIpc) is 2.25. The molecule has 2 heteroatoms. The zero-order chi connectivity index (χ0) is 11.7. The minimum Gasteiger partial charge on any atom is -0.398 e. The van der Waals surface area contributed by atoms with Crippen LogP contribution in [0.5, 0.6) is 0 Å². The molecular weight excluding hydrogens is 196 g/mol. The first-order chi connectivity index (χ1) is 7.58.